The Bertz CT molecular complexity index is 896. The summed E-state index contributed by atoms with van der Waals surface area (Å²) < 4.78 is 5.31. The van der Waals surface area contributed by atoms with Gasteiger partial charge in [-0.1, -0.05) is 17.7 Å². The molecule has 0 unspecified atom stereocenters. The Hall–Kier alpha value is -2.69. The Morgan fingerprint density at radius 1 is 0.938 bits per heavy atom. The monoisotopic (exact) mass is 464 g/mol. The van der Waals surface area contributed by atoms with Gasteiger partial charge in [-0.25, -0.2) is 4.79 Å². The molecule has 0 N–H and O–H groups in total. The second kappa shape index (κ2) is 9.85. The Morgan fingerprint density at radius 2 is 1.59 bits per heavy atom. The molecule has 0 bridgehead atoms. The number of carbonyl (C=O) groups is 4. The van der Waals surface area contributed by atoms with Crippen LogP contribution in [0.3, 0.4) is 0 Å². The number of amides is 4. The maximum atomic E-state index is 12.8. The molecule has 0 atom stereocenters. The van der Waals surface area contributed by atoms with Crippen LogP contribution in [0.5, 0.6) is 0 Å². The lowest BCUT2D eigenvalue weighted by Gasteiger charge is -2.34. The van der Waals surface area contributed by atoms with Gasteiger partial charge in [-0.15, -0.1) is 5.06 Å². The Morgan fingerprint density at radius 3 is 2.25 bits per heavy atom. The zero-order chi connectivity index (χ0) is 22.7. The molecule has 10 nitrogen and oxygen atoms in total. The molecule has 4 rings (SSSR count). The van der Waals surface area contributed by atoms with Crippen molar-refractivity contribution in [3.8, 4) is 0 Å². The summed E-state index contributed by atoms with van der Waals surface area (Å²) in [4.78, 5) is 58.7. The van der Waals surface area contributed by atoms with Gasteiger partial charge in [0.2, 0.25) is 0 Å². The molecule has 3 fully saturated rings. The number of imide groups is 1. The van der Waals surface area contributed by atoms with E-state index in [0.717, 1.165) is 5.56 Å². The van der Waals surface area contributed by atoms with Crippen molar-refractivity contribution in [2.75, 3.05) is 52.5 Å². The average molecular weight is 465 g/mol. The number of hydroxylamine groups is 2. The maximum Gasteiger partial charge on any atom is 0.434 e. The van der Waals surface area contributed by atoms with Gasteiger partial charge in [0.05, 0.1) is 23.8 Å². The van der Waals surface area contributed by atoms with Crippen LogP contribution in [0, 0.1) is 0 Å². The fourth-order valence-electron chi connectivity index (χ4n) is 3.91. The first-order valence-corrected chi connectivity index (χ1v) is 11.0. The number of hydrogen-bond acceptors (Lipinski definition) is 7. The summed E-state index contributed by atoms with van der Waals surface area (Å²) in [6.45, 7) is 4.74. The van der Waals surface area contributed by atoms with E-state index in [1.165, 1.54) is 4.90 Å². The van der Waals surface area contributed by atoms with Gasteiger partial charge in [-0.2, -0.15) is 0 Å². The maximum absolute atomic E-state index is 12.8. The summed E-state index contributed by atoms with van der Waals surface area (Å²) >= 11 is 6.30. The first kappa shape index (κ1) is 22.5. The molecule has 4 amide bonds. The number of halogens is 1. The van der Waals surface area contributed by atoms with Crippen LogP contribution in [-0.2, 0) is 25.7 Å². The van der Waals surface area contributed by atoms with Crippen molar-refractivity contribution >= 4 is 35.4 Å². The van der Waals surface area contributed by atoms with E-state index < -0.39 is 17.9 Å². The number of ether oxygens (including phenoxy) is 1. The quantitative estimate of drug-likeness (QED) is 0.616. The Balaban J connectivity index is 1.31. The molecule has 11 heteroatoms. The van der Waals surface area contributed by atoms with Crippen molar-refractivity contribution in [1.82, 2.24) is 19.8 Å². The van der Waals surface area contributed by atoms with Gasteiger partial charge in [-0.05, 0) is 17.7 Å². The van der Waals surface area contributed by atoms with Crippen molar-refractivity contribution in [3.05, 3.63) is 34.3 Å². The van der Waals surface area contributed by atoms with E-state index in [2.05, 4.69) is 4.90 Å². The summed E-state index contributed by atoms with van der Waals surface area (Å²) in [5.41, 5.74) is 1.43. The molecule has 3 heterocycles. The normalized spacial score (nSPS) is 20.1. The van der Waals surface area contributed by atoms with Gasteiger partial charge in [-0.3, -0.25) is 19.3 Å². The fraction of sp³-hybridized carbons (Fsp3) is 0.524. The van der Waals surface area contributed by atoms with Gasteiger partial charge in [0, 0.05) is 58.7 Å². The molecular weight excluding hydrogens is 440 g/mol. The first-order valence-electron chi connectivity index (χ1n) is 10.6. The number of benzene rings is 1. The number of piperazine rings is 1. The lowest BCUT2D eigenvalue weighted by atomic mass is 10.1. The third-order valence-electron chi connectivity index (χ3n) is 5.77. The van der Waals surface area contributed by atoms with E-state index in [1.54, 1.807) is 11.0 Å². The highest BCUT2D eigenvalue weighted by Gasteiger charge is 2.35. The lowest BCUT2D eigenvalue weighted by Crippen LogP contribution is -2.50. The lowest BCUT2D eigenvalue weighted by molar-refractivity contribution is -0.174. The third-order valence-corrected chi connectivity index (χ3v) is 6.10. The van der Waals surface area contributed by atoms with Gasteiger partial charge in [0.1, 0.15) is 0 Å². The smallest absolute Gasteiger partial charge is 0.378 e. The minimum atomic E-state index is -0.696. The Labute approximate surface area is 190 Å². The largest absolute Gasteiger partial charge is 0.434 e. The predicted molar refractivity (Wildman–Crippen MR) is 113 cm³/mol. The van der Waals surface area contributed by atoms with E-state index >= 15 is 0 Å². The first-order chi connectivity index (χ1) is 15.4. The molecule has 1 aromatic carbocycles. The minimum Gasteiger partial charge on any atom is -0.378 e. The third kappa shape index (κ3) is 5.03. The highest BCUT2D eigenvalue weighted by molar-refractivity contribution is 6.33. The minimum absolute atomic E-state index is 0.0665. The Kier molecular flexibility index (Phi) is 6.92. The zero-order valence-electron chi connectivity index (χ0n) is 17.6. The van der Waals surface area contributed by atoms with Crippen LogP contribution >= 0.6 is 11.6 Å². The molecular formula is C21H25ClN4O6. The molecule has 0 spiro atoms. The number of carbonyl (C=O) groups excluding carboxylic acids is 4. The van der Waals surface area contributed by atoms with Gasteiger partial charge in [0.15, 0.2) is 0 Å². The zero-order valence-corrected chi connectivity index (χ0v) is 18.4. The topological polar surface area (TPSA) is 99.7 Å². The van der Waals surface area contributed by atoms with E-state index in [-0.39, 0.29) is 18.7 Å². The molecule has 0 radical (unpaired) electrons. The number of hydrogen-bond donors (Lipinski definition) is 0. The van der Waals surface area contributed by atoms with E-state index in [0.29, 0.717) is 74.7 Å². The van der Waals surface area contributed by atoms with Gasteiger partial charge >= 0.3 is 6.09 Å². The van der Waals surface area contributed by atoms with Crippen LogP contribution in [-0.4, -0.2) is 96.1 Å². The summed E-state index contributed by atoms with van der Waals surface area (Å²) in [5.74, 6) is -1.09. The van der Waals surface area contributed by atoms with Crippen molar-refractivity contribution in [2.24, 2.45) is 0 Å². The van der Waals surface area contributed by atoms with Crippen molar-refractivity contribution in [2.45, 2.75) is 19.4 Å². The highest BCUT2D eigenvalue weighted by Crippen LogP contribution is 2.22. The van der Waals surface area contributed by atoms with E-state index in [1.807, 2.05) is 12.1 Å². The van der Waals surface area contributed by atoms with E-state index in [9.17, 15) is 19.2 Å². The van der Waals surface area contributed by atoms with Gasteiger partial charge < -0.3 is 19.4 Å². The molecule has 0 aromatic heterocycles. The second-order valence-electron chi connectivity index (χ2n) is 7.92. The standard InChI is InChI=1S/C21H25ClN4O6/c22-17-2-1-15(13-16(17)20(29)24-9-11-31-12-10-24)14-23-5-7-25(8-6-23)21(30)32-26-18(27)3-4-19(26)28/h1-2,13H,3-12,14H2. The molecule has 0 aliphatic carbocycles. The van der Waals surface area contributed by atoms with Crippen LogP contribution < -0.4 is 0 Å². The predicted octanol–water partition coefficient (Wildman–Crippen LogP) is 1.13. The van der Waals surface area contributed by atoms with Crippen LogP contribution in [0.2, 0.25) is 5.02 Å². The molecule has 3 aliphatic heterocycles. The SMILES string of the molecule is O=C(ON1C(=O)CCC1=O)N1CCN(Cc2ccc(Cl)c(C(=O)N3CCOCC3)c2)CC1. The number of nitrogens with zero attached hydrogens (tertiary/aromatic N) is 4. The summed E-state index contributed by atoms with van der Waals surface area (Å²) in [6, 6.07) is 5.46. The summed E-state index contributed by atoms with van der Waals surface area (Å²) in [5, 5.41) is 0.985. The van der Waals surface area contributed by atoms with Crippen molar-refractivity contribution in [3.63, 3.8) is 0 Å². The number of morpholine rings is 1. The van der Waals surface area contributed by atoms with Crippen molar-refractivity contribution < 1.29 is 28.8 Å². The summed E-state index contributed by atoms with van der Waals surface area (Å²) in [6.07, 6.45) is -0.563. The van der Waals surface area contributed by atoms with Gasteiger partial charge in [0.25, 0.3) is 17.7 Å². The summed E-state index contributed by atoms with van der Waals surface area (Å²) in [7, 11) is 0. The van der Waals surface area contributed by atoms with E-state index in [4.69, 9.17) is 21.2 Å². The number of rotatable bonds is 4. The average Bonchev–Trinajstić information content (AvgIpc) is 3.13. The molecule has 32 heavy (non-hydrogen) atoms. The van der Waals surface area contributed by atoms with Crippen LogP contribution in [0.4, 0.5) is 4.79 Å². The van der Waals surface area contributed by atoms with Crippen LogP contribution in [0.15, 0.2) is 18.2 Å². The fourth-order valence-corrected chi connectivity index (χ4v) is 4.11. The molecule has 172 valence electrons. The molecule has 3 saturated heterocycles. The van der Waals surface area contributed by atoms with Crippen molar-refractivity contribution in [1.29, 1.82) is 0 Å². The molecule has 3 aliphatic rings. The highest BCUT2D eigenvalue weighted by atomic mass is 35.5. The van der Waals surface area contributed by atoms with Crippen LogP contribution in [0.25, 0.3) is 0 Å². The second-order valence-corrected chi connectivity index (χ2v) is 8.33. The molecule has 0 saturated carbocycles. The van der Waals surface area contributed by atoms with Crippen LogP contribution in [0.1, 0.15) is 28.8 Å². The molecule has 1 aromatic rings.